The number of hydrogen-bond donors (Lipinski definition) is 1. The Morgan fingerprint density at radius 3 is 2.95 bits per heavy atom. The van der Waals surface area contributed by atoms with E-state index in [0.29, 0.717) is 12.1 Å². The van der Waals surface area contributed by atoms with E-state index in [9.17, 15) is 0 Å². The Morgan fingerprint density at radius 2 is 2.24 bits per heavy atom. The molecule has 1 aromatic carbocycles. The van der Waals surface area contributed by atoms with E-state index in [1.165, 1.54) is 27.4 Å². The lowest BCUT2D eigenvalue weighted by Crippen LogP contribution is -2.36. The van der Waals surface area contributed by atoms with Gasteiger partial charge >= 0.3 is 0 Å². The highest BCUT2D eigenvalue weighted by Gasteiger charge is 2.21. The molecule has 0 amide bonds. The maximum atomic E-state index is 5.34. The van der Waals surface area contributed by atoms with Crippen molar-refractivity contribution in [1.29, 1.82) is 0 Å². The van der Waals surface area contributed by atoms with Crippen LogP contribution in [0, 0.1) is 6.92 Å². The summed E-state index contributed by atoms with van der Waals surface area (Å²) >= 11 is 1.78. The fourth-order valence-corrected chi connectivity index (χ4v) is 3.79. The molecule has 0 fully saturated rings. The van der Waals surface area contributed by atoms with Crippen molar-refractivity contribution in [2.45, 2.75) is 45.2 Å². The third-order valence-corrected chi connectivity index (χ3v) is 5.23. The van der Waals surface area contributed by atoms with Gasteiger partial charge in [0.2, 0.25) is 0 Å². The molecule has 4 heteroatoms. The summed E-state index contributed by atoms with van der Waals surface area (Å²) in [6.45, 7) is 4.32. The average Bonchev–Trinajstić information content (AvgIpc) is 2.93. The lowest BCUT2D eigenvalue weighted by molar-refractivity contribution is 0.402. The molecule has 1 heterocycles. The number of aryl methyl sites for hydroxylation is 2. The van der Waals surface area contributed by atoms with Crippen LogP contribution in [0.4, 0.5) is 0 Å². The summed E-state index contributed by atoms with van der Waals surface area (Å²) in [5.74, 6) is 0.956. The Balaban J connectivity index is 1.68. The van der Waals surface area contributed by atoms with Crippen molar-refractivity contribution in [2.75, 3.05) is 7.11 Å². The molecule has 0 bridgehead atoms. The van der Waals surface area contributed by atoms with Crippen LogP contribution in [0.15, 0.2) is 24.4 Å². The zero-order valence-corrected chi connectivity index (χ0v) is 13.7. The van der Waals surface area contributed by atoms with E-state index in [-0.39, 0.29) is 0 Å². The molecule has 2 aromatic rings. The van der Waals surface area contributed by atoms with Gasteiger partial charge in [0, 0.05) is 17.1 Å². The number of thiazole rings is 1. The Kier molecular flexibility index (Phi) is 4.27. The van der Waals surface area contributed by atoms with Crippen molar-refractivity contribution in [3.8, 4) is 5.75 Å². The maximum Gasteiger partial charge on any atom is 0.119 e. The predicted octanol–water partition coefficient (Wildman–Crippen LogP) is 3.67. The Labute approximate surface area is 130 Å². The maximum absolute atomic E-state index is 5.34. The molecular formula is C17H22N2OS. The van der Waals surface area contributed by atoms with E-state index in [4.69, 9.17) is 4.74 Å². The highest BCUT2D eigenvalue weighted by molar-refractivity contribution is 7.11. The molecule has 0 aliphatic heterocycles. The molecule has 3 rings (SSSR count). The van der Waals surface area contributed by atoms with Crippen LogP contribution in [0.25, 0.3) is 0 Å². The molecule has 1 aliphatic rings. The third-order valence-electron chi connectivity index (χ3n) is 4.14. The van der Waals surface area contributed by atoms with Gasteiger partial charge in [-0.15, -0.1) is 11.3 Å². The lowest BCUT2D eigenvalue weighted by Gasteiger charge is -2.28. The minimum atomic E-state index is 0.320. The van der Waals surface area contributed by atoms with Gasteiger partial charge in [0.05, 0.1) is 13.2 Å². The van der Waals surface area contributed by atoms with E-state index in [1.807, 2.05) is 6.20 Å². The third kappa shape index (κ3) is 3.27. The summed E-state index contributed by atoms with van der Waals surface area (Å²) in [7, 11) is 1.73. The standard InChI is InChI=1S/C17H22N2OS/c1-11-10-18-17(21-11)12(2)19-15-6-4-13-5-7-16(20-3)9-14(13)8-15/h5,7,9-10,12,15,19H,4,6,8H2,1-3H3. The highest BCUT2D eigenvalue weighted by atomic mass is 32.1. The summed E-state index contributed by atoms with van der Waals surface area (Å²) in [6.07, 6.45) is 5.36. The fraction of sp³-hybridized carbons (Fsp3) is 0.471. The quantitative estimate of drug-likeness (QED) is 0.935. The Morgan fingerprint density at radius 1 is 1.38 bits per heavy atom. The van der Waals surface area contributed by atoms with E-state index >= 15 is 0 Å². The van der Waals surface area contributed by atoms with E-state index < -0.39 is 0 Å². The predicted molar refractivity (Wildman–Crippen MR) is 87.2 cm³/mol. The number of hydrogen-bond acceptors (Lipinski definition) is 4. The van der Waals surface area contributed by atoms with E-state index in [0.717, 1.165) is 18.6 Å². The smallest absolute Gasteiger partial charge is 0.119 e. The average molecular weight is 302 g/mol. The van der Waals surface area contributed by atoms with Gasteiger partial charge in [-0.05, 0) is 56.4 Å². The Bertz CT molecular complexity index is 623. The second-order valence-electron chi connectivity index (χ2n) is 5.77. The molecule has 1 aliphatic carbocycles. The van der Waals surface area contributed by atoms with Crippen LogP contribution in [0.1, 0.15) is 40.4 Å². The van der Waals surface area contributed by atoms with E-state index in [2.05, 4.69) is 42.3 Å². The van der Waals surface area contributed by atoms with Gasteiger partial charge in [0.25, 0.3) is 0 Å². The van der Waals surface area contributed by atoms with Crippen LogP contribution in [0.3, 0.4) is 0 Å². The zero-order valence-electron chi connectivity index (χ0n) is 12.8. The van der Waals surface area contributed by atoms with Crippen molar-refractivity contribution in [2.24, 2.45) is 0 Å². The summed E-state index contributed by atoms with van der Waals surface area (Å²) in [5.41, 5.74) is 2.88. The van der Waals surface area contributed by atoms with Gasteiger partial charge in [-0.1, -0.05) is 6.07 Å². The van der Waals surface area contributed by atoms with Crippen molar-refractivity contribution >= 4 is 11.3 Å². The molecule has 0 radical (unpaired) electrons. The van der Waals surface area contributed by atoms with Crippen LogP contribution in [0.2, 0.25) is 0 Å². The molecule has 2 unspecified atom stereocenters. The van der Waals surface area contributed by atoms with Crippen molar-refractivity contribution in [3.05, 3.63) is 45.4 Å². The zero-order chi connectivity index (χ0) is 14.8. The summed E-state index contributed by atoms with van der Waals surface area (Å²) < 4.78 is 5.34. The fourth-order valence-electron chi connectivity index (χ4n) is 3.00. The van der Waals surface area contributed by atoms with Crippen molar-refractivity contribution in [3.63, 3.8) is 0 Å². The minimum absolute atomic E-state index is 0.320. The molecule has 21 heavy (non-hydrogen) atoms. The summed E-state index contributed by atoms with van der Waals surface area (Å²) in [6, 6.07) is 7.29. The normalized spacial score (nSPS) is 19.1. The van der Waals surface area contributed by atoms with Gasteiger partial charge in [-0.25, -0.2) is 4.98 Å². The van der Waals surface area contributed by atoms with Gasteiger partial charge in [-0.2, -0.15) is 0 Å². The number of nitrogens with one attached hydrogen (secondary N) is 1. The number of fused-ring (bicyclic) bond motifs is 1. The monoisotopic (exact) mass is 302 g/mol. The van der Waals surface area contributed by atoms with Gasteiger partial charge in [0.1, 0.15) is 10.8 Å². The number of nitrogens with zero attached hydrogens (tertiary/aromatic N) is 1. The number of rotatable bonds is 4. The van der Waals surface area contributed by atoms with Crippen LogP contribution < -0.4 is 10.1 Å². The minimum Gasteiger partial charge on any atom is -0.497 e. The highest BCUT2D eigenvalue weighted by Crippen LogP contribution is 2.27. The Hall–Kier alpha value is -1.39. The first-order valence-electron chi connectivity index (χ1n) is 7.50. The summed E-state index contributed by atoms with van der Waals surface area (Å²) in [4.78, 5) is 5.76. The molecular weight excluding hydrogens is 280 g/mol. The molecule has 112 valence electrons. The second-order valence-corrected chi connectivity index (χ2v) is 7.04. The van der Waals surface area contributed by atoms with Gasteiger partial charge < -0.3 is 10.1 Å². The van der Waals surface area contributed by atoms with Crippen LogP contribution in [-0.4, -0.2) is 18.1 Å². The topological polar surface area (TPSA) is 34.1 Å². The summed E-state index contributed by atoms with van der Waals surface area (Å²) in [5, 5.41) is 4.92. The SMILES string of the molecule is COc1ccc2c(c1)CC(NC(C)c1ncc(C)s1)CC2. The van der Waals surface area contributed by atoms with Gasteiger partial charge in [0.15, 0.2) is 0 Å². The number of benzene rings is 1. The van der Waals surface area contributed by atoms with Crippen molar-refractivity contribution < 1.29 is 4.74 Å². The van der Waals surface area contributed by atoms with Gasteiger partial charge in [-0.3, -0.25) is 0 Å². The molecule has 1 N–H and O–H groups in total. The second kappa shape index (κ2) is 6.16. The first-order chi connectivity index (χ1) is 10.2. The van der Waals surface area contributed by atoms with Crippen LogP contribution in [0.5, 0.6) is 5.75 Å². The largest absolute Gasteiger partial charge is 0.497 e. The number of aromatic nitrogens is 1. The van der Waals surface area contributed by atoms with E-state index in [1.54, 1.807) is 18.4 Å². The molecule has 2 atom stereocenters. The number of ether oxygens (including phenoxy) is 1. The first kappa shape index (κ1) is 14.5. The van der Waals surface area contributed by atoms with Crippen LogP contribution >= 0.6 is 11.3 Å². The first-order valence-corrected chi connectivity index (χ1v) is 8.31. The molecule has 0 spiro atoms. The number of methoxy groups -OCH3 is 1. The molecule has 0 saturated carbocycles. The lowest BCUT2D eigenvalue weighted by atomic mass is 9.88. The van der Waals surface area contributed by atoms with Crippen LogP contribution in [-0.2, 0) is 12.8 Å². The molecule has 1 aromatic heterocycles. The molecule has 0 saturated heterocycles. The molecule has 3 nitrogen and oxygen atoms in total. The van der Waals surface area contributed by atoms with Crippen molar-refractivity contribution in [1.82, 2.24) is 10.3 Å².